The quantitative estimate of drug-likeness (QED) is 0.750. The third kappa shape index (κ3) is 1.28. The monoisotopic (exact) mass is 277 g/mol. The predicted octanol–water partition coefficient (Wildman–Crippen LogP) is 0.893. The van der Waals surface area contributed by atoms with Crippen molar-refractivity contribution >= 4 is 15.8 Å². The summed E-state index contributed by atoms with van der Waals surface area (Å²) in [5, 5.41) is 8.71. The molecule has 6 heteroatoms. The van der Waals surface area contributed by atoms with Gasteiger partial charge in [-0.1, -0.05) is 6.92 Å². The van der Waals surface area contributed by atoms with Gasteiger partial charge in [-0.2, -0.15) is 5.26 Å². The number of sulfone groups is 1. The van der Waals surface area contributed by atoms with Crippen LogP contribution in [0.25, 0.3) is 0 Å². The molecule has 1 aromatic carbocycles. The van der Waals surface area contributed by atoms with E-state index >= 15 is 0 Å². The summed E-state index contributed by atoms with van der Waals surface area (Å²) in [5.41, 5.74) is 0.380. The molecule has 1 aromatic rings. The summed E-state index contributed by atoms with van der Waals surface area (Å²) >= 11 is 0. The molecule has 1 saturated heterocycles. The molecule has 0 amide bonds. The second-order valence-electron chi connectivity index (χ2n) is 4.93. The van der Waals surface area contributed by atoms with E-state index in [0.717, 1.165) is 0 Å². The van der Waals surface area contributed by atoms with Gasteiger partial charge in [0.2, 0.25) is 0 Å². The number of nitriles is 1. The molecule has 3 rings (SSSR count). The predicted molar refractivity (Wildman–Crippen MR) is 64.7 cm³/mol. The topological polar surface area (TPSA) is 84.2 Å². The molecule has 0 spiro atoms. The largest absolute Gasteiger partial charge is 0.464 e. The average Bonchev–Trinajstić information content (AvgIpc) is 2.84. The molecule has 5 nitrogen and oxygen atoms in total. The lowest BCUT2D eigenvalue weighted by Crippen LogP contribution is -2.34. The van der Waals surface area contributed by atoms with Gasteiger partial charge in [-0.15, -0.1) is 0 Å². The molecule has 19 heavy (non-hydrogen) atoms. The fourth-order valence-electron chi connectivity index (χ4n) is 2.96. The van der Waals surface area contributed by atoms with Crippen LogP contribution in [0, 0.1) is 23.2 Å². The summed E-state index contributed by atoms with van der Waals surface area (Å²) in [4.78, 5) is 11.9. The minimum Gasteiger partial charge on any atom is -0.464 e. The molecular weight excluding hydrogens is 266 g/mol. The standard InChI is InChI=1S/C13H11NO4S/c1-8-11-7-18-12(15)13(8,11)19(16,17)10-4-2-9(6-14)3-5-10/h2-5,8,11H,7H2,1H3/t8-,11?,13?/m0/s1. The maximum Gasteiger partial charge on any atom is 0.328 e. The van der Waals surface area contributed by atoms with Crippen LogP contribution in [-0.4, -0.2) is 25.7 Å². The SMILES string of the molecule is C[C@H]1C2COC(=O)C21S(=O)(=O)c1ccc(C#N)cc1. The fraction of sp³-hybridized carbons (Fsp3) is 0.385. The smallest absolute Gasteiger partial charge is 0.328 e. The number of hydrogen-bond donors (Lipinski definition) is 0. The molecule has 98 valence electrons. The lowest BCUT2D eigenvalue weighted by Gasteiger charge is -2.13. The summed E-state index contributed by atoms with van der Waals surface area (Å²) in [6, 6.07) is 7.54. The molecular formula is C13H11NO4S. The van der Waals surface area contributed by atoms with E-state index in [4.69, 9.17) is 10.00 Å². The highest BCUT2D eigenvalue weighted by atomic mass is 32.2. The molecule has 0 bridgehead atoms. The van der Waals surface area contributed by atoms with Crippen molar-refractivity contribution < 1.29 is 17.9 Å². The minimum atomic E-state index is -3.77. The van der Waals surface area contributed by atoms with E-state index in [1.54, 1.807) is 6.92 Å². The molecule has 1 saturated carbocycles. The number of carbonyl (C=O) groups excluding carboxylic acids is 1. The number of cyclic esters (lactones) is 1. The van der Waals surface area contributed by atoms with E-state index < -0.39 is 20.6 Å². The van der Waals surface area contributed by atoms with E-state index in [1.165, 1.54) is 24.3 Å². The minimum absolute atomic E-state index is 0.0692. The molecule has 1 aliphatic heterocycles. The van der Waals surface area contributed by atoms with Crippen LogP contribution >= 0.6 is 0 Å². The Bertz CT molecular complexity index is 701. The van der Waals surface area contributed by atoms with Crippen molar-refractivity contribution in [2.24, 2.45) is 11.8 Å². The van der Waals surface area contributed by atoms with Crippen LogP contribution in [0.2, 0.25) is 0 Å². The Morgan fingerprint density at radius 3 is 2.47 bits per heavy atom. The van der Waals surface area contributed by atoms with Gasteiger partial charge in [0.05, 0.1) is 23.1 Å². The highest BCUT2D eigenvalue weighted by Gasteiger charge is 2.80. The van der Waals surface area contributed by atoms with E-state index in [2.05, 4.69) is 0 Å². The first-order chi connectivity index (χ1) is 8.96. The van der Waals surface area contributed by atoms with E-state index in [1.807, 2.05) is 6.07 Å². The van der Waals surface area contributed by atoms with E-state index in [-0.39, 0.29) is 23.3 Å². The van der Waals surface area contributed by atoms with Crippen LogP contribution in [0.3, 0.4) is 0 Å². The van der Waals surface area contributed by atoms with Gasteiger partial charge in [-0.05, 0) is 30.2 Å². The maximum atomic E-state index is 12.6. The summed E-state index contributed by atoms with van der Waals surface area (Å²) in [7, 11) is -3.77. The molecule has 0 aromatic heterocycles. The summed E-state index contributed by atoms with van der Waals surface area (Å²) < 4.78 is 28.7. The van der Waals surface area contributed by atoms with Crippen LogP contribution < -0.4 is 0 Å². The molecule has 3 atom stereocenters. The van der Waals surface area contributed by atoms with Gasteiger partial charge in [0.1, 0.15) is 0 Å². The zero-order chi connectivity index (χ0) is 13.8. The Labute approximate surface area is 110 Å². The molecule has 2 fully saturated rings. The molecule has 2 unspecified atom stereocenters. The first-order valence-corrected chi connectivity index (χ1v) is 7.36. The molecule has 0 N–H and O–H groups in total. The maximum absolute atomic E-state index is 12.6. The van der Waals surface area contributed by atoms with Gasteiger partial charge in [0.25, 0.3) is 0 Å². The van der Waals surface area contributed by atoms with Crippen molar-refractivity contribution in [1.82, 2.24) is 0 Å². The van der Waals surface area contributed by atoms with Crippen LogP contribution in [-0.2, 0) is 19.4 Å². The number of esters is 1. The third-order valence-corrected chi connectivity index (χ3v) is 6.80. The number of benzene rings is 1. The normalized spacial score (nSPS) is 32.3. The van der Waals surface area contributed by atoms with Gasteiger partial charge >= 0.3 is 5.97 Å². The van der Waals surface area contributed by atoms with Gasteiger partial charge in [-0.25, -0.2) is 8.42 Å². The number of carbonyl (C=O) groups is 1. The van der Waals surface area contributed by atoms with Gasteiger partial charge in [0, 0.05) is 5.92 Å². The zero-order valence-corrected chi connectivity index (χ0v) is 11.0. The summed E-state index contributed by atoms with van der Waals surface area (Å²) in [5.74, 6) is -1.11. The molecule has 2 aliphatic rings. The fourth-order valence-corrected chi connectivity index (χ4v) is 5.38. The van der Waals surface area contributed by atoms with Crippen LogP contribution in [0.1, 0.15) is 12.5 Å². The lowest BCUT2D eigenvalue weighted by molar-refractivity contribution is -0.140. The average molecular weight is 277 g/mol. The Kier molecular flexibility index (Phi) is 2.29. The van der Waals surface area contributed by atoms with Crippen LogP contribution in [0.4, 0.5) is 0 Å². The van der Waals surface area contributed by atoms with Crippen molar-refractivity contribution in [1.29, 1.82) is 5.26 Å². The number of nitrogens with zero attached hydrogens (tertiary/aromatic N) is 1. The Morgan fingerprint density at radius 1 is 1.37 bits per heavy atom. The van der Waals surface area contributed by atoms with Crippen molar-refractivity contribution in [3.8, 4) is 6.07 Å². The van der Waals surface area contributed by atoms with Gasteiger partial charge < -0.3 is 4.74 Å². The van der Waals surface area contributed by atoms with E-state index in [0.29, 0.717) is 5.56 Å². The lowest BCUT2D eigenvalue weighted by atomic mass is 10.2. The molecule has 0 radical (unpaired) electrons. The van der Waals surface area contributed by atoms with Gasteiger partial charge in [0.15, 0.2) is 14.6 Å². The van der Waals surface area contributed by atoms with Crippen molar-refractivity contribution in [3.63, 3.8) is 0 Å². The number of ether oxygens (including phenoxy) is 1. The third-order valence-electron chi connectivity index (χ3n) is 4.17. The Balaban J connectivity index is 2.09. The van der Waals surface area contributed by atoms with Crippen molar-refractivity contribution in [3.05, 3.63) is 29.8 Å². The van der Waals surface area contributed by atoms with Crippen LogP contribution in [0.15, 0.2) is 29.2 Å². The second kappa shape index (κ2) is 3.58. The Hall–Kier alpha value is -1.87. The van der Waals surface area contributed by atoms with Crippen LogP contribution in [0.5, 0.6) is 0 Å². The zero-order valence-electron chi connectivity index (χ0n) is 10.2. The number of fused-ring (bicyclic) bond motifs is 1. The summed E-state index contributed by atoms with van der Waals surface area (Å²) in [6.45, 7) is 1.93. The molecule has 1 aliphatic carbocycles. The van der Waals surface area contributed by atoms with Gasteiger partial charge in [-0.3, -0.25) is 4.79 Å². The highest BCUT2D eigenvalue weighted by molar-refractivity contribution is 7.94. The van der Waals surface area contributed by atoms with Crippen molar-refractivity contribution in [2.75, 3.05) is 6.61 Å². The van der Waals surface area contributed by atoms with E-state index in [9.17, 15) is 13.2 Å². The molecule has 1 heterocycles. The first-order valence-electron chi connectivity index (χ1n) is 5.88. The highest BCUT2D eigenvalue weighted by Crippen LogP contribution is 2.61. The first kappa shape index (κ1) is 12.2. The summed E-state index contributed by atoms with van der Waals surface area (Å²) in [6.07, 6.45) is 0. The number of hydrogen-bond acceptors (Lipinski definition) is 5. The second-order valence-corrected chi connectivity index (χ2v) is 7.08. The van der Waals surface area contributed by atoms with Crippen molar-refractivity contribution in [2.45, 2.75) is 16.6 Å². The Morgan fingerprint density at radius 2 is 2.00 bits per heavy atom. The number of rotatable bonds is 2.